The van der Waals surface area contributed by atoms with Gasteiger partial charge in [0.1, 0.15) is 17.7 Å². The average Bonchev–Trinajstić information content (AvgIpc) is 3.36. The van der Waals surface area contributed by atoms with Crippen LogP contribution in [0.1, 0.15) is 75.3 Å². The second kappa shape index (κ2) is 13.3. The fourth-order valence-electron chi connectivity index (χ4n) is 7.38. The van der Waals surface area contributed by atoms with E-state index in [1.807, 2.05) is 10.8 Å². The molecule has 3 saturated heterocycles. The largest absolute Gasteiger partial charge is 0.444 e. The van der Waals surface area contributed by atoms with Gasteiger partial charge in [0.2, 0.25) is 11.8 Å². The number of nitrogens with one attached hydrogen (secondary N) is 2. The number of halogens is 3. The number of rotatable bonds is 4. The highest BCUT2D eigenvalue weighted by atomic mass is 35.5. The lowest BCUT2D eigenvalue weighted by Gasteiger charge is -2.28. The molecule has 48 heavy (non-hydrogen) atoms. The van der Waals surface area contributed by atoms with Gasteiger partial charge in [-0.05, 0) is 42.4 Å². The Morgan fingerprint density at radius 2 is 1.81 bits per heavy atom. The normalized spacial score (nSPS) is 31.2. The van der Waals surface area contributed by atoms with Crippen LogP contribution in [-0.2, 0) is 42.4 Å². The van der Waals surface area contributed by atoms with Gasteiger partial charge in [-0.15, -0.1) is 0 Å². The summed E-state index contributed by atoms with van der Waals surface area (Å²) in [4.78, 5) is 57.2. The van der Waals surface area contributed by atoms with Gasteiger partial charge in [0.05, 0.1) is 25.7 Å². The molecule has 0 aromatic heterocycles. The fraction of sp³-hybridized carbons (Fsp3) is 0.677. The van der Waals surface area contributed by atoms with Crippen molar-refractivity contribution in [3.63, 3.8) is 0 Å². The number of hydrogen-bond acceptors (Lipinski definition) is 8. The number of ether oxygens (including phenoxy) is 1. The number of alkyl halides is 2. The minimum Gasteiger partial charge on any atom is -0.444 e. The first-order valence-corrected chi connectivity index (χ1v) is 18.3. The number of benzene rings is 1. The van der Waals surface area contributed by atoms with Crippen LogP contribution in [0.5, 0.6) is 0 Å². The summed E-state index contributed by atoms with van der Waals surface area (Å²) in [5, 5.41) is 3.27. The average molecular weight is 715 g/mol. The van der Waals surface area contributed by atoms with Gasteiger partial charge in [0, 0.05) is 31.0 Å². The van der Waals surface area contributed by atoms with E-state index in [1.54, 1.807) is 12.1 Å². The summed E-state index contributed by atoms with van der Waals surface area (Å²) in [5.74, 6) is -5.82. The summed E-state index contributed by atoms with van der Waals surface area (Å²) >= 11 is 6.30. The maximum absolute atomic E-state index is 14.0. The van der Waals surface area contributed by atoms with E-state index in [-0.39, 0.29) is 32.5 Å². The summed E-state index contributed by atoms with van der Waals surface area (Å²) in [6.45, 7) is -1.06. The van der Waals surface area contributed by atoms with Gasteiger partial charge in [-0.3, -0.25) is 19.3 Å². The van der Waals surface area contributed by atoms with Crippen molar-refractivity contribution in [2.75, 3.05) is 19.6 Å². The highest BCUT2D eigenvalue weighted by Gasteiger charge is 2.62. The molecule has 4 aliphatic heterocycles. The van der Waals surface area contributed by atoms with Crippen molar-refractivity contribution in [1.29, 1.82) is 0 Å². The van der Waals surface area contributed by atoms with Crippen molar-refractivity contribution in [3.8, 4) is 0 Å². The standard InChI is InChI=1S/C31H41ClF2N6O7S/c32-23-9-6-7-19-15-38(17-22(19)23)29(44)47-21-13-25-26(41)36-31(28(43)37-48(45,46)39-12-11-30(33,34)18-39)14-20(31)8-4-2-1-3-5-10-24(35)27(42)40(25)16-21/h6-7,9,20-21,24-25H,1-5,8,10-18,35H2,(H,36,41)(H,37,43)/t20-,21-,24+,25+,31-/m1/s1. The number of nitrogens with zero attached hydrogens (tertiary/aromatic N) is 3. The molecule has 0 radical (unpaired) electrons. The van der Waals surface area contributed by atoms with Gasteiger partial charge in [0.25, 0.3) is 11.8 Å². The summed E-state index contributed by atoms with van der Waals surface area (Å²) < 4.78 is 61.7. The Morgan fingerprint density at radius 1 is 1.08 bits per heavy atom. The lowest BCUT2D eigenvalue weighted by atomic mass is 10.0. The number of amides is 4. The molecular weight excluding hydrogens is 674 g/mol. The molecule has 13 nitrogen and oxygen atoms in total. The Balaban J connectivity index is 1.19. The van der Waals surface area contributed by atoms with Crippen molar-refractivity contribution in [2.24, 2.45) is 11.7 Å². The third-order valence-electron chi connectivity index (χ3n) is 10.2. The van der Waals surface area contributed by atoms with Crippen LogP contribution in [0.2, 0.25) is 5.02 Å². The molecule has 4 amide bonds. The zero-order chi connectivity index (χ0) is 34.4. The molecule has 1 aliphatic carbocycles. The van der Waals surface area contributed by atoms with Crippen molar-refractivity contribution >= 4 is 45.6 Å². The second-order valence-corrected chi connectivity index (χ2v) is 15.7. The van der Waals surface area contributed by atoms with E-state index in [4.69, 9.17) is 22.1 Å². The van der Waals surface area contributed by atoms with E-state index >= 15 is 0 Å². The van der Waals surface area contributed by atoms with Crippen molar-refractivity contribution in [3.05, 3.63) is 34.3 Å². The molecule has 4 heterocycles. The number of hydrogen-bond donors (Lipinski definition) is 3. The van der Waals surface area contributed by atoms with E-state index in [0.29, 0.717) is 28.6 Å². The van der Waals surface area contributed by atoms with Crippen LogP contribution in [-0.4, -0.2) is 95.6 Å². The smallest absolute Gasteiger partial charge is 0.410 e. The Morgan fingerprint density at radius 3 is 2.52 bits per heavy atom. The first-order chi connectivity index (χ1) is 22.7. The van der Waals surface area contributed by atoms with Gasteiger partial charge in [0.15, 0.2) is 0 Å². The molecule has 1 saturated carbocycles. The van der Waals surface area contributed by atoms with Gasteiger partial charge < -0.3 is 20.7 Å². The van der Waals surface area contributed by atoms with E-state index in [1.165, 1.54) is 9.80 Å². The quantitative estimate of drug-likeness (QED) is 0.427. The van der Waals surface area contributed by atoms with E-state index in [9.17, 15) is 36.4 Å². The molecule has 0 spiro atoms. The molecule has 0 unspecified atom stereocenters. The number of fused-ring (bicyclic) bond motifs is 3. The third kappa shape index (κ3) is 7.12. The van der Waals surface area contributed by atoms with E-state index < -0.39 is 89.1 Å². The van der Waals surface area contributed by atoms with Crippen LogP contribution in [0.4, 0.5) is 13.6 Å². The molecule has 1 aromatic rings. The van der Waals surface area contributed by atoms with Crippen LogP contribution in [0.15, 0.2) is 18.2 Å². The lowest BCUT2D eigenvalue weighted by molar-refractivity contribution is -0.140. The van der Waals surface area contributed by atoms with Crippen molar-refractivity contribution < 1.29 is 41.1 Å². The van der Waals surface area contributed by atoms with E-state index in [2.05, 4.69) is 5.32 Å². The Bertz CT molecular complexity index is 1580. The SMILES string of the molecule is N[C@H]1CCCCCCC[C@@H]2C[C@@]2(C(=O)NS(=O)(=O)N2CCC(F)(F)C2)NC(=O)[C@@H]2C[C@@H](OC(=O)N3Cc4cccc(Cl)c4C3)CN2C1=O. The summed E-state index contributed by atoms with van der Waals surface area (Å²) in [7, 11) is -4.61. The monoisotopic (exact) mass is 714 g/mol. The molecule has 0 bridgehead atoms. The van der Waals surface area contributed by atoms with Crippen LogP contribution < -0.4 is 15.8 Å². The first-order valence-electron chi connectivity index (χ1n) is 16.5. The topological polar surface area (TPSA) is 171 Å². The second-order valence-electron chi connectivity index (χ2n) is 13.7. The molecule has 5 aliphatic rings. The molecule has 5 atom stereocenters. The summed E-state index contributed by atoms with van der Waals surface area (Å²) in [5.41, 5.74) is 6.38. The molecule has 4 N–H and O–H groups in total. The Labute approximate surface area is 283 Å². The molecular formula is C31H41ClF2N6O7S. The molecule has 6 rings (SSSR count). The van der Waals surface area contributed by atoms with Gasteiger partial charge >= 0.3 is 16.3 Å². The minimum atomic E-state index is -4.61. The highest BCUT2D eigenvalue weighted by molar-refractivity contribution is 7.87. The Kier molecular flexibility index (Phi) is 9.65. The zero-order valence-corrected chi connectivity index (χ0v) is 28.0. The summed E-state index contributed by atoms with van der Waals surface area (Å²) in [6, 6.07) is 3.35. The van der Waals surface area contributed by atoms with Crippen LogP contribution >= 0.6 is 11.6 Å². The maximum atomic E-state index is 14.0. The minimum absolute atomic E-state index is 0.0684. The molecule has 1 aromatic carbocycles. The predicted octanol–water partition coefficient (Wildman–Crippen LogP) is 2.41. The maximum Gasteiger partial charge on any atom is 0.410 e. The summed E-state index contributed by atoms with van der Waals surface area (Å²) in [6.07, 6.45) is 2.82. The molecule has 264 valence electrons. The van der Waals surface area contributed by atoms with Gasteiger partial charge in [-0.25, -0.2) is 18.3 Å². The van der Waals surface area contributed by atoms with Crippen LogP contribution in [0, 0.1) is 5.92 Å². The molecule has 17 heteroatoms. The van der Waals surface area contributed by atoms with Crippen molar-refractivity contribution in [2.45, 2.75) is 107 Å². The zero-order valence-electron chi connectivity index (χ0n) is 26.5. The third-order valence-corrected chi connectivity index (χ3v) is 12.0. The fourth-order valence-corrected chi connectivity index (χ4v) is 8.87. The van der Waals surface area contributed by atoms with Gasteiger partial charge in [-0.2, -0.15) is 12.7 Å². The van der Waals surface area contributed by atoms with E-state index in [0.717, 1.165) is 36.8 Å². The van der Waals surface area contributed by atoms with Crippen LogP contribution in [0.3, 0.4) is 0 Å². The number of carbonyl (C=O) groups is 4. The van der Waals surface area contributed by atoms with Gasteiger partial charge in [-0.1, -0.05) is 55.8 Å². The Hall–Kier alpha value is -3.08. The first kappa shape index (κ1) is 34.8. The lowest BCUT2D eigenvalue weighted by Crippen LogP contribution is -2.58. The highest BCUT2D eigenvalue weighted by Crippen LogP contribution is 2.48. The predicted molar refractivity (Wildman–Crippen MR) is 169 cm³/mol. The molecule has 4 fully saturated rings. The number of nitrogens with two attached hydrogens (primary N) is 1. The van der Waals surface area contributed by atoms with Crippen molar-refractivity contribution in [1.82, 2.24) is 24.1 Å². The number of carbonyl (C=O) groups excluding carboxylic acids is 4. The van der Waals surface area contributed by atoms with Crippen LogP contribution in [0.25, 0.3) is 0 Å².